The van der Waals surface area contributed by atoms with Crippen molar-refractivity contribution < 1.29 is 4.79 Å². The number of hydrogen-bond acceptors (Lipinski definition) is 5. The zero-order valence-electron chi connectivity index (χ0n) is 15.5. The summed E-state index contributed by atoms with van der Waals surface area (Å²) in [5.74, 6) is 0.378. The highest BCUT2D eigenvalue weighted by molar-refractivity contribution is 7.99. The average Bonchev–Trinajstić information content (AvgIpc) is 3.03. The summed E-state index contributed by atoms with van der Waals surface area (Å²) in [6, 6.07) is 16.2. The van der Waals surface area contributed by atoms with E-state index in [-0.39, 0.29) is 5.91 Å². The van der Waals surface area contributed by atoms with Gasteiger partial charge >= 0.3 is 0 Å². The number of benzene rings is 2. The van der Waals surface area contributed by atoms with Gasteiger partial charge in [0.2, 0.25) is 11.1 Å². The first-order valence-corrected chi connectivity index (χ1v) is 10.3. The molecule has 0 radical (unpaired) electrons. The molecule has 1 aliphatic heterocycles. The van der Waals surface area contributed by atoms with Gasteiger partial charge in [0.15, 0.2) is 5.65 Å². The van der Waals surface area contributed by atoms with Crippen molar-refractivity contribution in [1.82, 2.24) is 19.7 Å². The van der Waals surface area contributed by atoms with Crippen LogP contribution in [0.4, 0.5) is 5.69 Å². The van der Waals surface area contributed by atoms with E-state index in [1.165, 1.54) is 17.3 Å². The van der Waals surface area contributed by atoms with Crippen molar-refractivity contribution in [2.24, 2.45) is 7.05 Å². The van der Waals surface area contributed by atoms with Crippen molar-refractivity contribution in [2.75, 3.05) is 17.2 Å². The highest BCUT2D eigenvalue weighted by Gasteiger charge is 2.22. The molecule has 2 aromatic carbocycles. The summed E-state index contributed by atoms with van der Waals surface area (Å²) in [5.41, 5.74) is 4.92. The van der Waals surface area contributed by atoms with Gasteiger partial charge in [-0.3, -0.25) is 4.79 Å². The number of nitrogens with zero attached hydrogens (tertiary/aromatic N) is 5. The van der Waals surface area contributed by atoms with Gasteiger partial charge in [-0.25, -0.2) is 4.98 Å². The summed E-state index contributed by atoms with van der Waals surface area (Å²) >= 11 is 1.34. The highest BCUT2D eigenvalue weighted by Crippen LogP contribution is 2.29. The van der Waals surface area contributed by atoms with Gasteiger partial charge in [-0.1, -0.05) is 48.2 Å². The molecule has 0 bridgehead atoms. The number of para-hydroxylation sites is 2. The Morgan fingerprint density at radius 3 is 2.86 bits per heavy atom. The van der Waals surface area contributed by atoms with Gasteiger partial charge in [0.05, 0.1) is 11.3 Å². The Kier molecular flexibility index (Phi) is 4.24. The molecule has 28 heavy (non-hydrogen) atoms. The van der Waals surface area contributed by atoms with E-state index >= 15 is 0 Å². The number of fused-ring (bicyclic) bond motifs is 4. The summed E-state index contributed by atoms with van der Waals surface area (Å²) in [6.45, 7) is 0.762. The van der Waals surface area contributed by atoms with Gasteiger partial charge in [-0.05, 0) is 30.5 Å². The Labute approximate surface area is 166 Å². The highest BCUT2D eigenvalue weighted by atomic mass is 32.2. The molecule has 7 heteroatoms. The second-order valence-corrected chi connectivity index (χ2v) is 7.85. The van der Waals surface area contributed by atoms with Gasteiger partial charge in [0.25, 0.3) is 0 Å². The molecule has 5 rings (SSSR count). The van der Waals surface area contributed by atoms with Crippen LogP contribution in [0.3, 0.4) is 0 Å². The largest absolute Gasteiger partial charge is 0.327 e. The van der Waals surface area contributed by atoms with Crippen LogP contribution in [0.2, 0.25) is 0 Å². The predicted octanol–water partition coefficient (Wildman–Crippen LogP) is 3.59. The Morgan fingerprint density at radius 1 is 1.11 bits per heavy atom. The topological polar surface area (TPSA) is 63.9 Å². The fraction of sp³-hybridized carbons (Fsp3) is 0.238. The maximum absolute atomic E-state index is 12.8. The van der Waals surface area contributed by atoms with Gasteiger partial charge in [-0.2, -0.15) is 0 Å². The van der Waals surface area contributed by atoms with Crippen LogP contribution in [-0.4, -0.2) is 38.0 Å². The maximum atomic E-state index is 12.8. The van der Waals surface area contributed by atoms with Crippen molar-refractivity contribution >= 4 is 45.4 Å². The van der Waals surface area contributed by atoms with Crippen LogP contribution in [0.15, 0.2) is 53.7 Å². The number of anilines is 1. The summed E-state index contributed by atoms with van der Waals surface area (Å²) in [4.78, 5) is 19.4. The van der Waals surface area contributed by atoms with E-state index in [0.717, 1.165) is 47.1 Å². The fourth-order valence-corrected chi connectivity index (χ4v) is 4.51. The molecule has 0 unspecified atom stereocenters. The molecule has 140 valence electrons. The maximum Gasteiger partial charge on any atom is 0.237 e. The van der Waals surface area contributed by atoms with E-state index in [9.17, 15) is 4.79 Å². The lowest BCUT2D eigenvalue weighted by atomic mass is 10.0. The van der Waals surface area contributed by atoms with Crippen LogP contribution in [0.1, 0.15) is 12.0 Å². The van der Waals surface area contributed by atoms with Crippen LogP contribution in [0, 0.1) is 0 Å². The molecule has 0 saturated heterocycles. The second-order valence-electron chi connectivity index (χ2n) is 6.91. The number of carbonyl (C=O) groups is 1. The Morgan fingerprint density at radius 2 is 1.93 bits per heavy atom. The third kappa shape index (κ3) is 2.82. The SMILES string of the molecule is Cn1c2ccccc2c2nnc(SCC(=O)N3CCCc4ccccc43)nc21. The van der Waals surface area contributed by atoms with E-state index in [4.69, 9.17) is 0 Å². The quantitative estimate of drug-likeness (QED) is 0.501. The van der Waals surface area contributed by atoms with Gasteiger partial charge in [0.1, 0.15) is 5.52 Å². The first-order valence-electron chi connectivity index (χ1n) is 9.31. The van der Waals surface area contributed by atoms with Crippen molar-refractivity contribution in [3.63, 3.8) is 0 Å². The number of rotatable bonds is 3. The second kappa shape index (κ2) is 6.91. The summed E-state index contributed by atoms with van der Waals surface area (Å²) < 4.78 is 2.02. The van der Waals surface area contributed by atoms with E-state index in [0.29, 0.717) is 10.9 Å². The van der Waals surface area contributed by atoms with E-state index in [1.54, 1.807) is 0 Å². The number of hydrogen-bond donors (Lipinski definition) is 0. The van der Waals surface area contributed by atoms with Gasteiger partial charge in [0, 0.05) is 24.7 Å². The van der Waals surface area contributed by atoms with Crippen molar-refractivity contribution in [3.05, 3.63) is 54.1 Å². The minimum atomic E-state index is 0.0814. The van der Waals surface area contributed by atoms with Gasteiger partial charge in [-0.15, -0.1) is 10.2 Å². The number of carbonyl (C=O) groups excluding carboxylic acids is 1. The lowest BCUT2D eigenvalue weighted by Gasteiger charge is -2.29. The zero-order valence-corrected chi connectivity index (χ0v) is 16.3. The Bertz CT molecular complexity index is 1200. The van der Waals surface area contributed by atoms with E-state index < -0.39 is 0 Å². The Balaban J connectivity index is 1.38. The molecule has 0 aliphatic carbocycles. The molecule has 1 amide bonds. The molecule has 2 aromatic heterocycles. The minimum absolute atomic E-state index is 0.0814. The van der Waals surface area contributed by atoms with Crippen molar-refractivity contribution in [1.29, 1.82) is 0 Å². The molecule has 0 atom stereocenters. The van der Waals surface area contributed by atoms with Crippen LogP contribution >= 0.6 is 11.8 Å². The predicted molar refractivity (Wildman–Crippen MR) is 112 cm³/mol. The van der Waals surface area contributed by atoms with Crippen LogP contribution < -0.4 is 4.90 Å². The molecule has 0 spiro atoms. The minimum Gasteiger partial charge on any atom is -0.327 e. The number of aromatic nitrogens is 4. The van der Waals surface area contributed by atoms with Gasteiger partial charge < -0.3 is 9.47 Å². The number of thioether (sulfide) groups is 1. The van der Waals surface area contributed by atoms with Crippen LogP contribution in [0.5, 0.6) is 0 Å². The van der Waals surface area contributed by atoms with E-state index in [1.807, 2.05) is 59.0 Å². The Hall–Kier alpha value is -2.93. The molecule has 6 nitrogen and oxygen atoms in total. The van der Waals surface area contributed by atoms with Crippen molar-refractivity contribution in [2.45, 2.75) is 18.0 Å². The fourth-order valence-electron chi connectivity index (χ4n) is 3.85. The van der Waals surface area contributed by atoms with Crippen LogP contribution in [-0.2, 0) is 18.3 Å². The lowest BCUT2D eigenvalue weighted by molar-refractivity contribution is -0.116. The lowest BCUT2D eigenvalue weighted by Crippen LogP contribution is -2.36. The number of amides is 1. The standard InChI is InChI=1S/C21H19N5OS/c1-25-17-11-5-3-9-15(17)19-20(25)22-21(24-23-19)28-13-18(27)26-12-6-8-14-7-2-4-10-16(14)26/h2-5,7,9-11H,6,8,12-13H2,1H3. The first kappa shape index (κ1) is 17.2. The molecule has 0 N–H and O–H groups in total. The monoisotopic (exact) mass is 389 g/mol. The third-order valence-electron chi connectivity index (χ3n) is 5.22. The summed E-state index contributed by atoms with van der Waals surface area (Å²) in [7, 11) is 1.98. The van der Waals surface area contributed by atoms with E-state index in [2.05, 4.69) is 21.2 Å². The molecule has 0 fully saturated rings. The first-order chi connectivity index (χ1) is 13.7. The van der Waals surface area contributed by atoms with Crippen LogP contribution in [0.25, 0.3) is 22.1 Å². The molecule has 1 aliphatic rings. The zero-order chi connectivity index (χ0) is 19.1. The normalized spacial score (nSPS) is 13.8. The smallest absolute Gasteiger partial charge is 0.237 e. The summed E-state index contributed by atoms with van der Waals surface area (Å²) in [6.07, 6.45) is 2.02. The molecular formula is C21H19N5OS. The number of aryl methyl sites for hydroxylation is 2. The molecular weight excluding hydrogens is 370 g/mol. The molecule has 3 heterocycles. The third-order valence-corrected chi connectivity index (χ3v) is 6.05. The molecule has 4 aromatic rings. The average molecular weight is 389 g/mol. The van der Waals surface area contributed by atoms with Crippen molar-refractivity contribution in [3.8, 4) is 0 Å². The molecule has 0 saturated carbocycles. The summed E-state index contributed by atoms with van der Waals surface area (Å²) in [5, 5.41) is 10.2.